The van der Waals surface area contributed by atoms with Gasteiger partial charge in [0.25, 0.3) is 0 Å². The van der Waals surface area contributed by atoms with Crippen LogP contribution in [0.1, 0.15) is 22.3 Å². The third-order valence-electron chi connectivity index (χ3n) is 5.22. The normalized spacial score (nSPS) is 10.8. The van der Waals surface area contributed by atoms with Crippen molar-refractivity contribution in [2.24, 2.45) is 0 Å². The third kappa shape index (κ3) is 3.58. The number of hydrogen-bond acceptors (Lipinski definition) is 3. The van der Waals surface area contributed by atoms with E-state index in [4.69, 9.17) is 4.74 Å². The minimum atomic E-state index is 0.559. The van der Waals surface area contributed by atoms with Crippen LogP contribution in [0.3, 0.4) is 0 Å². The first-order valence-corrected chi connectivity index (χ1v) is 10.3. The van der Waals surface area contributed by atoms with Gasteiger partial charge in [0.2, 0.25) is 0 Å². The molecular weight excluding hydrogens is 362 g/mol. The van der Waals surface area contributed by atoms with Crippen molar-refractivity contribution < 1.29 is 4.74 Å². The molecule has 0 aliphatic carbocycles. The summed E-state index contributed by atoms with van der Waals surface area (Å²) in [4.78, 5) is 5.53. The second kappa shape index (κ2) is 7.99. The highest BCUT2D eigenvalue weighted by Crippen LogP contribution is 2.44. The molecule has 2 aromatic carbocycles. The number of hydrogen-bond donors (Lipinski definition) is 0. The van der Waals surface area contributed by atoms with Gasteiger partial charge in [-0.25, -0.2) is 0 Å². The Morgan fingerprint density at radius 2 is 1.75 bits per heavy atom. The van der Waals surface area contributed by atoms with Gasteiger partial charge in [0.05, 0.1) is 0 Å². The standard InChI is InChI=1S/C25H23NOS/c1-17-14-23(27-16-20-8-5-4-6-9-20)24(19(3)18(17)2)25-22(11-13-28-25)21-10-7-12-26-15-21/h4-15H,16H2,1-3H3. The molecular formula is C25H23NOS. The molecule has 140 valence electrons. The van der Waals surface area contributed by atoms with Gasteiger partial charge in [-0.15, -0.1) is 11.3 Å². The Labute approximate surface area is 170 Å². The molecule has 0 atom stereocenters. The summed E-state index contributed by atoms with van der Waals surface area (Å²) in [5.74, 6) is 0.942. The lowest BCUT2D eigenvalue weighted by atomic mass is 9.94. The molecule has 2 aromatic heterocycles. The van der Waals surface area contributed by atoms with Crippen molar-refractivity contribution in [3.63, 3.8) is 0 Å². The molecule has 0 radical (unpaired) electrons. The number of thiophene rings is 1. The number of aromatic nitrogens is 1. The second-order valence-electron chi connectivity index (χ2n) is 7.00. The Hall–Kier alpha value is -2.91. The van der Waals surface area contributed by atoms with E-state index in [1.807, 2.05) is 36.7 Å². The van der Waals surface area contributed by atoms with E-state index in [1.165, 1.54) is 38.3 Å². The molecule has 0 saturated heterocycles. The Balaban J connectivity index is 1.81. The van der Waals surface area contributed by atoms with E-state index in [2.05, 4.69) is 61.5 Å². The Kier molecular flexibility index (Phi) is 5.27. The lowest BCUT2D eigenvalue weighted by Gasteiger charge is -2.18. The summed E-state index contributed by atoms with van der Waals surface area (Å²) in [5, 5.41) is 2.15. The zero-order valence-corrected chi connectivity index (χ0v) is 17.2. The van der Waals surface area contributed by atoms with Gasteiger partial charge in [-0.3, -0.25) is 4.98 Å². The van der Waals surface area contributed by atoms with Gasteiger partial charge in [-0.1, -0.05) is 36.4 Å². The summed E-state index contributed by atoms with van der Waals surface area (Å²) in [6.45, 7) is 7.09. The first-order chi connectivity index (χ1) is 13.6. The fraction of sp³-hybridized carbons (Fsp3) is 0.160. The van der Waals surface area contributed by atoms with Gasteiger partial charge in [0.1, 0.15) is 12.4 Å². The molecule has 28 heavy (non-hydrogen) atoms. The molecule has 0 spiro atoms. The lowest BCUT2D eigenvalue weighted by Crippen LogP contribution is -2.00. The predicted molar refractivity (Wildman–Crippen MR) is 118 cm³/mol. The smallest absolute Gasteiger partial charge is 0.129 e. The van der Waals surface area contributed by atoms with E-state index >= 15 is 0 Å². The fourth-order valence-electron chi connectivity index (χ4n) is 3.43. The van der Waals surface area contributed by atoms with Crippen LogP contribution in [0.25, 0.3) is 21.6 Å². The van der Waals surface area contributed by atoms with E-state index < -0.39 is 0 Å². The minimum Gasteiger partial charge on any atom is -0.488 e. The summed E-state index contributed by atoms with van der Waals surface area (Å²) >= 11 is 1.75. The molecule has 0 aliphatic rings. The molecule has 0 bridgehead atoms. The summed E-state index contributed by atoms with van der Waals surface area (Å²) < 4.78 is 6.35. The van der Waals surface area contributed by atoms with Crippen LogP contribution < -0.4 is 4.74 Å². The van der Waals surface area contributed by atoms with Gasteiger partial charge in [0.15, 0.2) is 0 Å². The minimum absolute atomic E-state index is 0.559. The van der Waals surface area contributed by atoms with Crippen LogP contribution in [0, 0.1) is 20.8 Å². The third-order valence-corrected chi connectivity index (χ3v) is 6.16. The van der Waals surface area contributed by atoms with Crippen LogP contribution in [-0.2, 0) is 6.61 Å². The van der Waals surface area contributed by atoms with Crippen molar-refractivity contribution >= 4 is 11.3 Å². The molecule has 2 nitrogen and oxygen atoms in total. The van der Waals surface area contributed by atoms with Crippen LogP contribution >= 0.6 is 11.3 Å². The first kappa shape index (κ1) is 18.5. The van der Waals surface area contributed by atoms with Crippen LogP contribution in [-0.4, -0.2) is 4.98 Å². The molecule has 4 aromatic rings. The van der Waals surface area contributed by atoms with Crippen molar-refractivity contribution in [2.45, 2.75) is 27.4 Å². The maximum absolute atomic E-state index is 6.35. The summed E-state index contributed by atoms with van der Waals surface area (Å²) in [6.07, 6.45) is 3.73. The average molecular weight is 386 g/mol. The van der Waals surface area contributed by atoms with Gasteiger partial charge in [0, 0.05) is 34.0 Å². The quantitative estimate of drug-likeness (QED) is 0.370. The summed E-state index contributed by atoms with van der Waals surface area (Å²) in [6, 6.07) is 18.8. The zero-order chi connectivity index (χ0) is 19.5. The number of aryl methyl sites for hydroxylation is 1. The molecule has 0 N–H and O–H groups in total. The molecule has 3 heteroatoms. The number of rotatable bonds is 5. The van der Waals surface area contributed by atoms with Gasteiger partial charge < -0.3 is 4.74 Å². The van der Waals surface area contributed by atoms with Crippen molar-refractivity contribution in [1.29, 1.82) is 0 Å². The fourth-order valence-corrected chi connectivity index (χ4v) is 4.45. The monoisotopic (exact) mass is 385 g/mol. The van der Waals surface area contributed by atoms with Crippen molar-refractivity contribution in [3.05, 3.63) is 94.6 Å². The Morgan fingerprint density at radius 1 is 0.929 bits per heavy atom. The molecule has 0 fully saturated rings. The molecule has 4 rings (SSSR count). The topological polar surface area (TPSA) is 22.1 Å². The number of pyridine rings is 1. The lowest BCUT2D eigenvalue weighted by molar-refractivity contribution is 0.307. The van der Waals surface area contributed by atoms with Crippen LogP contribution in [0.4, 0.5) is 0 Å². The highest BCUT2D eigenvalue weighted by molar-refractivity contribution is 7.14. The van der Waals surface area contributed by atoms with Crippen LogP contribution in [0.5, 0.6) is 5.75 Å². The Bertz CT molecular complexity index is 1080. The maximum atomic E-state index is 6.35. The SMILES string of the molecule is Cc1cc(OCc2ccccc2)c(-c2sccc2-c2cccnc2)c(C)c1C. The molecule has 2 heterocycles. The van der Waals surface area contributed by atoms with E-state index in [0.29, 0.717) is 6.61 Å². The summed E-state index contributed by atoms with van der Waals surface area (Å²) in [5.41, 5.74) is 8.53. The van der Waals surface area contributed by atoms with Gasteiger partial charge in [-0.05, 0) is 66.6 Å². The number of nitrogens with zero attached hydrogens (tertiary/aromatic N) is 1. The average Bonchev–Trinajstić information content (AvgIpc) is 3.21. The number of ether oxygens (including phenoxy) is 1. The molecule has 0 amide bonds. The molecule has 0 saturated carbocycles. The van der Waals surface area contributed by atoms with Crippen molar-refractivity contribution in [3.8, 4) is 27.3 Å². The second-order valence-corrected chi connectivity index (χ2v) is 7.91. The molecule has 0 aliphatic heterocycles. The van der Waals surface area contributed by atoms with Crippen LogP contribution in [0.15, 0.2) is 72.4 Å². The van der Waals surface area contributed by atoms with E-state index in [-0.39, 0.29) is 0 Å². The number of benzene rings is 2. The van der Waals surface area contributed by atoms with Gasteiger partial charge in [-0.2, -0.15) is 0 Å². The van der Waals surface area contributed by atoms with E-state index in [9.17, 15) is 0 Å². The van der Waals surface area contributed by atoms with Crippen LogP contribution in [0.2, 0.25) is 0 Å². The maximum Gasteiger partial charge on any atom is 0.129 e. The highest BCUT2D eigenvalue weighted by atomic mass is 32.1. The van der Waals surface area contributed by atoms with Crippen molar-refractivity contribution in [2.75, 3.05) is 0 Å². The zero-order valence-electron chi connectivity index (χ0n) is 16.4. The Morgan fingerprint density at radius 3 is 2.50 bits per heavy atom. The molecule has 0 unspecified atom stereocenters. The largest absolute Gasteiger partial charge is 0.488 e. The van der Waals surface area contributed by atoms with Gasteiger partial charge >= 0.3 is 0 Å². The first-order valence-electron chi connectivity index (χ1n) is 9.41. The summed E-state index contributed by atoms with van der Waals surface area (Å²) in [7, 11) is 0. The van der Waals surface area contributed by atoms with E-state index in [1.54, 1.807) is 11.3 Å². The highest BCUT2D eigenvalue weighted by Gasteiger charge is 2.19. The van der Waals surface area contributed by atoms with Crippen molar-refractivity contribution in [1.82, 2.24) is 4.98 Å². The predicted octanol–water partition coefficient (Wildman–Crippen LogP) is 6.98. The van der Waals surface area contributed by atoms with E-state index in [0.717, 1.165) is 11.3 Å².